The van der Waals surface area contributed by atoms with E-state index in [9.17, 15) is 4.79 Å². The van der Waals surface area contributed by atoms with Gasteiger partial charge in [-0.05, 0) is 73.6 Å². The maximum atomic E-state index is 12.1. The lowest BCUT2D eigenvalue weighted by atomic mass is 10.1. The lowest BCUT2D eigenvalue weighted by Gasteiger charge is -2.26. The smallest absolute Gasteiger partial charge is 0.410 e. The lowest BCUT2D eigenvalue weighted by molar-refractivity contribution is 0.0256. The zero-order chi connectivity index (χ0) is 15.9. The largest absolute Gasteiger partial charge is 0.444 e. The van der Waals surface area contributed by atoms with Gasteiger partial charge in [-0.15, -0.1) is 0 Å². The standard InChI is InChI=1S/C16H33N3O2/c1-16(2,3)21-15(20)19-12-6-8-14(9-13-19)17-10-7-11-18(4)5/h14,17H,6-13H2,1-5H3. The number of nitrogens with zero attached hydrogens (tertiary/aromatic N) is 2. The molecule has 5 nitrogen and oxygen atoms in total. The van der Waals surface area contributed by atoms with Gasteiger partial charge in [0.15, 0.2) is 0 Å². The summed E-state index contributed by atoms with van der Waals surface area (Å²) >= 11 is 0. The highest BCUT2D eigenvalue weighted by Crippen LogP contribution is 2.15. The van der Waals surface area contributed by atoms with Gasteiger partial charge in [0.2, 0.25) is 0 Å². The van der Waals surface area contributed by atoms with Gasteiger partial charge in [-0.1, -0.05) is 0 Å². The quantitative estimate of drug-likeness (QED) is 0.791. The summed E-state index contributed by atoms with van der Waals surface area (Å²) in [5, 5.41) is 3.62. The van der Waals surface area contributed by atoms with Crippen molar-refractivity contribution in [3.63, 3.8) is 0 Å². The van der Waals surface area contributed by atoms with Crippen molar-refractivity contribution < 1.29 is 9.53 Å². The van der Waals surface area contributed by atoms with Crippen molar-refractivity contribution in [2.45, 2.75) is 58.1 Å². The van der Waals surface area contributed by atoms with Crippen molar-refractivity contribution in [3.05, 3.63) is 0 Å². The zero-order valence-electron chi connectivity index (χ0n) is 14.4. The maximum Gasteiger partial charge on any atom is 0.410 e. The van der Waals surface area contributed by atoms with E-state index in [0.717, 1.165) is 45.4 Å². The highest BCUT2D eigenvalue weighted by molar-refractivity contribution is 5.68. The third-order valence-electron chi connectivity index (χ3n) is 3.59. The molecule has 1 unspecified atom stereocenters. The van der Waals surface area contributed by atoms with Gasteiger partial charge in [0, 0.05) is 19.1 Å². The Labute approximate surface area is 130 Å². The number of ether oxygens (including phenoxy) is 1. The van der Waals surface area contributed by atoms with Crippen LogP contribution in [-0.2, 0) is 4.74 Å². The van der Waals surface area contributed by atoms with Gasteiger partial charge < -0.3 is 19.9 Å². The van der Waals surface area contributed by atoms with Crippen LogP contribution < -0.4 is 5.32 Å². The van der Waals surface area contributed by atoms with E-state index in [1.807, 2.05) is 25.7 Å². The number of likely N-dealkylation sites (tertiary alicyclic amines) is 1. The van der Waals surface area contributed by atoms with Crippen LogP contribution in [0.15, 0.2) is 0 Å². The first-order valence-corrected chi connectivity index (χ1v) is 8.14. The van der Waals surface area contributed by atoms with Crippen LogP contribution in [0.25, 0.3) is 0 Å². The topological polar surface area (TPSA) is 44.8 Å². The van der Waals surface area contributed by atoms with Crippen LogP contribution >= 0.6 is 0 Å². The first-order valence-electron chi connectivity index (χ1n) is 8.14. The highest BCUT2D eigenvalue weighted by atomic mass is 16.6. The summed E-state index contributed by atoms with van der Waals surface area (Å²) in [6, 6.07) is 0.527. The molecule has 0 aromatic carbocycles. The average molecular weight is 299 g/mol. The number of carbonyl (C=O) groups is 1. The number of hydrogen-bond donors (Lipinski definition) is 1. The number of rotatable bonds is 5. The van der Waals surface area contributed by atoms with Crippen molar-refractivity contribution >= 4 is 6.09 Å². The summed E-state index contributed by atoms with van der Waals surface area (Å²) in [6.07, 6.45) is 4.20. The first-order chi connectivity index (χ1) is 9.78. The SMILES string of the molecule is CN(C)CCCNC1CCCN(C(=O)OC(C)(C)C)CC1. The fourth-order valence-corrected chi connectivity index (χ4v) is 2.51. The van der Waals surface area contributed by atoms with Gasteiger partial charge >= 0.3 is 6.09 Å². The van der Waals surface area contributed by atoms with Crippen molar-refractivity contribution in [1.29, 1.82) is 0 Å². The Morgan fingerprint density at radius 2 is 2.00 bits per heavy atom. The molecule has 0 radical (unpaired) electrons. The molecule has 0 spiro atoms. The summed E-state index contributed by atoms with van der Waals surface area (Å²) in [7, 11) is 4.20. The van der Waals surface area contributed by atoms with Gasteiger partial charge in [-0.2, -0.15) is 0 Å². The molecule has 5 heteroatoms. The van der Waals surface area contributed by atoms with Gasteiger partial charge in [0.05, 0.1) is 0 Å². The molecular weight excluding hydrogens is 266 g/mol. The monoisotopic (exact) mass is 299 g/mol. The van der Waals surface area contributed by atoms with Gasteiger partial charge in [0.25, 0.3) is 0 Å². The third kappa shape index (κ3) is 8.27. The van der Waals surface area contributed by atoms with E-state index in [2.05, 4.69) is 24.3 Å². The Morgan fingerprint density at radius 1 is 1.29 bits per heavy atom. The number of nitrogens with one attached hydrogen (secondary N) is 1. The van der Waals surface area contributed by atoms with Gasteiger partial charge in [-0.25, -0.2) is 4.79 Å². The van der Waals surface area contributed by atoms with Crippen molar-refractivity contribution in [1.82, 2.24) is 15.1 Å². The van der Waals surface area contributed by atoms with Gasteiger partial charge in [0.1, 0.15) is 5.60 Å². The molecule has 0 aliphatic carbocycles. The fraction of sp³-hybridized carbons (Fsp3) is 0.938. The van der Waals surface area contributed by atoms with E-state index in [1.54, 1.807) is 0 Å². The Bertz CT molecular complexity index is 313. The summed E-state index contributed by atoms with van der Waals surface area (Å²) in [6.45, 7) is 9.51. The highest BCUT2D eigenvalue weighted by Gasteiger charge is 2.24. The number of hydrogen-bond acceptors (Lipinski definition) is 4. The second-order valence-corrected chi connectivity index (χ2v) is 7.21. The van der Waals surface area contributed by atoms with Crippen LogP contribution in [0.4, 0.5) is 4.79 Å². The molecule has 1 rings (SSSR count). The van der Waals surface area contributed by atoms with Crippen LogP contribution in [-0.4, -0.2) is 67.8 Å². The Hall–Kier alpha value is -0.810. The van der Waals surface area contributed by atoms with E-state index < -0.39 is 5.60 Å². The molecule has 0 bridgehead atoms. The van der Waals surface area contributed by atoms with Crippen LogP contribution in [0, 0.1) is 0 Å². The summed E-state index contributed by atoms with van der Waals surface area (Å²) in [4.78, 5) is 16.1. The number of carbonyl (C=O) groups excluding carboxylic acids is 1. The molecule has 124 valence electrons. The molecule has 1 fully saturated rings. The second-order valence-electron chi connectivity index (χ2n) is 7.21. The van der Waals surface area contributed by atoms with Crippen molar-refractivity contribution in [2.75, 3.05) is 40.3 Å². The van der Waals surface area contributed by atoms with E-state index >= 15 is 0 Å². The molecule has 1 N–H and O–H groups in total. The normalized spacial score (nSPS) is 20.5. The summed E-state index contributed by atoms with van der Waals surface area (Å²) in [5.41, 5.74) is -0.410. The second kappa shape index (κ2) is 8.59. The molecule has 1 saturated heterocycles. The third-order valence-corrected chi connectivity index (χ3v) is 3.59. The summed E-state index contributed by atoms with van der Waals surface area (Å²) in [5.74, 6) is 0. The Balaban J connectivity index is 2.28. The molecule has 1 aliphatic rings. The predicted molar refractivity (Wildman–Crippen MR) is 86.6 cm³/mol. The van der Waals surface area contributed by atoms with Gasteiger partial charge in [-0.3, -0.25) is 0 Å². The van der Waals surface area contributed by atoms with Crippen LogP contribution in [0.1, 0.15) is 46.5 Å². The van der Waals surface area contributed by atoms with E-state index in [1.165, 1.54) is 6.42 Å². The minimum atomic E-state index is -0.410. The van der Waals surface area contributed by atoms with E-state index in [-0.39, 0.29) is 6.09 Å². The molecule has 1 atom stereocenters. The molecule has 0 saturated carbocycles. The predicted octanol–water partition coefficient (Wildman–Crippen LogP) is 2.32. The number of amides is 1. The Morgan fingerprint density at radius 3 is 2.62 bits per heavy atom. The molecular formula is C16H33N3O2. The minimum Gasteiger partial charge on any atom is -0.444 e. The van der Waals surface area contributed by atoms with E-state index in [4.69, 9.17) is 4.74 Å². The minimum absolute atomic E-state index is 0.171. The Kier molecular flexibility index (Phi) is 7.46. The molecule has 0 aromatic heterocycles. The van der Waals surface area contributed by atoms with Crippen molar-refractivity contribution in [2.24, 2.45) is 0 Å². The van der Waals surface area contributed by atoms with Crippen LogP contribution in [0.2, 0.25) is 0 Å². The fourth-order valence-electron chi connectivity index (χ4n) is 2.51. The van der Waals surface area contributed by atoms with Crippen LogP contribution in [0.3, 0.4) is 0 Å². The summed E-state index contributed by atoms with van der Waals surface area (Å²) < 4.78 is 5.45. The van der Waals surface area contributed by atoms with E-state index in [0.29, 0.717) is 6.04 Å². The van der Waals surface area contributed by atoms with Crippen molar-refractivity contribution in [3.8, 4) is 0 Å². The molecule has 21 heavy (non-hydrogen) atoms. The first kappa shape index (κ1) is 18.2. The molecule has 0 aromatic rings. The molecule has 1 aliphatic heterocycles. The average Bonchev–Trinajstić information content (AvgIpc) is 2.58. The molecule has 1 heterocycles. The maximum absolute atomic E-state index is 12.1. The lowest BCUT2D eigenvalue weighted by Crippen LogP contribution is -2.38. The molecule has 1 amide bonds. The van der Waals surface area contributed by atoms with Crippen LogP contribution in [0.5, 0.6) is 0 Å². The zero-order valence-corrected chi connectivity index (χ0v) is 14.4.